The van der Waals surface area contributed by atoms with Crippen LogP contribution < -0.4 is 5.59 Å². The van der Waals surface area contributed by atoms with Gasteiger partial charge in [-0.2, -0.15) is 11.3 Å². The van der Waals surface area contributed by atoms with Crippen LogP contribution in [0.5, 0.6) is 0 Å². The van der Waals surface area contributed by atoms with E-state index in [1.807, 2.05) is 22.9 Å². The number of aromatic nitrogens is 1. The van der Waals surface area contributed by atoms with E-state index in [0.29, 0.717) is 5.59 Å². The van der Waals surface area contributed by atoms with E-state index in [1.54, 1.807) is 29.7 Å². The van der Waals surface area contributed by atoms with Gasteiger partial charge in [0, 0.05) is 11.8 Å². The molecule has 3 nitrogen and oxygen atoms in total. The monoisotopic (exact) mass is 195 g/mol. The second-order valence-electron chi connectivity index (χ2n) is 2.29. The summed E-state index contributed by atoms with van der Waals surface area (Å²) >= 11 is 1.71. The summed E-state index contributed by atoms with van der Waals surface area (Å²) in [6.45, 7) is 0. The van der Waals surface area contributed by atoms with Crippen molar-refractivity contribution in [3.8, 4) is 0 Å². The van der Waals surface area contributed by atoms with Crippen LogP contribution in [0.15, 0.2) is 41.2 Å². The Morgan fingerprint density at radius 3 is 2.08 bits per heavy atom. The van der Waals surface area contributed by atoms with E-state index in [2.05, 4.69) is 4.98 Å². The summed E-state index contributed by atoms with van der Waals surface area (Å²) in [5.74, 6) is 0. The molecule has 0 aliphatic rings. The molecule has 0 radical (unpaired) electrons. The molecular weight excluding hydrogens is 185 g/mol. The van der Waals surface area contributed by atoms with Crippen LogP contribution in [0.4, 0.5) is 0 Å². The van der Waals surface area contributed by atoms with E-state index >= 15 is 0 Å². The predicted molar refractivity (Wildman–Crippen MR) is 54.9 cm³/mol. The molecule has 5 heteroatoms. The normalized spacial score (nSPS) is 8.77. The highest BCUT2D eigenvalue weighted by Gasteiger charge is 2.09. The third-order valence-corrected chi connectivity index (χ3v) is 1.95. The summed E-state index contributed by atoms with van der Waals surface area (Å²) in [5, 5.41) is 21.0. The summed E-state index contributed by atoms with van der Waals surface area (Å²) in [7, 11) is -1.37. The first-order chi connectivity index (χ1) is 6.30. The molecule has 0 aliphatic heterocycles. The third kappa shape index (κ3) is 3.94. The van der Waals surface area contributed by atoms with Crippen molar-refractivity contribution in [2.24, 2.45) is 0 Å². The third-order valence-electron chi connectivity index (χ3n) is 1.33. The van der Waals surface area contributed by atoms with E-state index in [0.717, 1.165) is 0 Å². The fraction of sp³-hybridized carbons (Fsp3) is 0. The highest BCUT2D eigenvalue weighted by Crippen LogP contribution is 1.91. The van der Waals surface area contributed by atoms with Crippen molar-refractivity contribution in [2.75, 3.05) is 0 Å². The summed E-state index contributed by atoms with van der Waals surface area (Å²) < 4.78 is 0. The van der Waals surface area contributed by atoms with Gasteiger partial charge in [-0.05, 0) is 22.9 Å². The lowest BCUT2D eigenvalue weighted by Crippen LogP contribution is -2.30. The number of aromatic amines is 1. The minimum atomic E-state index is -1.37. The van der Waals surface area contributed by atoms with E-state index < -0.39 is 7.12 Å². The molecule has 0 aliphatic carbocycles. The van der Waals surface area contributed by atoms with Gasteiger partial charge in [0.1, 0.15) is 0 Å². The van der Waals surface area contributed by atoms with Gasteiger partial charge >= 0.3 is 7.12 Å². The Morgan fingerprint density at radius 1 is 1.15 bits per heavy atom. The van der Waals surface area contributed by atoms with Gasteiger partial charge in [-0.1, -0.05) is 12.1 Å². The molecule has 0 atom stereocenters. The predicted octanol–water partition coefficient (Wildman–Crippen LogP) is 0.443. The van der Waals surface area contributed by atoms with Gasteiger partial charge in [-0.3, -0.25) is 0 Å². The molecule has 2 rings (SSSR count). The van der Waals surface area contributed by atoms with Crippen LogP contribution in [0, 0.1) is 0 Å². The van der Waals surface area contributed by atoms with Crippen molar-refractivity contribution >= 4 is 24.0 Å². The first kappa shape index (κ1) is 10.0. The molecule has 0 spiro atoms. The molecule has 2 heterocycles. The van der Waals surface area contributed by atoms with Crippen LogP contribution in [-0.2, 0) is 0 Å². The largest absolute Gasteiger partial charge is 0.505 e. The van der Waals surface area contributed by atoms with Gasteiger partial charge in [0.05, 0.1) is 0 Å². The maximum Gasteiger partial charge on any atom is 0.505 e. The molecule has 0 fully saturated rings. The van der Waals surface area contributed by atoms with Crippen molar-refractivity contribution in [3.05, 3.63) is 41.2 Å². The second kappa shape index (κ2) is 5.58. The molecular formula is C8H10BNO2S. The zero-order valence-corrected chi connectivity index (χ0v) is 7.74. The maximum atomic E-state index is 8.44. The Hall–Kier alpha value is -1.04. The highest BCUT2D eigenvalue weighted by atomic mass is 32.1. The number of H-pyrrole nitrogens is 1. The zero-order valence-electron chi connectivity index (χ0n) is 6.92. The number of rotatable bonds is 1. The molecule has 0 saturated heterocycles. The Bertz CT molecular complexity index is 277. The van der Waals surface area contributed by atoms with Crippen LogP contribution in [0.1, 0.15) is 0 Å². The quantitative estimate of drug-likeness (QED) is 0.578. The standard InChI is InChI=1S/C4H6BNO2.C4H4S/c7-5(8)4-2-1-3-6-4;1-2-4-5-3-1/h1-3,6-8H;1-4H. The molecule has 0 unspecified atom stereocenters. The summed E-state index contributed by atoms with van der Waals surface area (Å²) in [6.07, 6.45) is 1.63. The van der Waals surface area contributed by atoms with Crippen LogP contribution in [0.25, 0.3) is 0 Å². The summed E-state index contributed by atoms with van der Waals surface area (Å²) in [4.78, 5) is 2.64. The molecule has 0 amide bonds. The number of hydrogen-bond donors (Lipinski definition) is 3. The van der Waals surface area contributed by atoms with E-state index in [-0.39, 0.29) is 0 Å². The number of nitrogens with one attached hydrogen (secondary N) is 1. The van der Waals surface area contributed by atoms with E-state index in [9.17, 15) is 0 Å². The molecule has 0 aromatic carbocycles. The van der Waals surface area contributed by atoms with Crippen molar-refractivity contribution in [2.45, 2.75) is 0 Å². The van der Waals surface area contributed by atoms with Crippen LogP contribution in [0.3, 0.4) is 0 Å². The van der Waals surface area contributed by atoms with Crippen LogP contribution in [0.2, 0.25) is 0 Å². The van der Waals surface area contributed by atoms with Crippen LogP contribution >= 0.6 is 11.3 Å². The highest BCUT2D eigenvalue weighted by molar-refractivity contribution is 7.07. The SMILES string of the molecule is OB(O)c1ccc[nH]1.c1ccsc1. The zero-order chi connectivity index (χ0) is 9.52. The lowest BCUT2D eigenvalue weighted by atomic mass is 9.87. The molecule has 3 N–H and O–H groups in total. The maximum absolute atomic E-state index is 8.44. The lowest BCUT2D eigenvalue weighted by Gasteiger charge is -1.88. The second-order valence-corrected chi connectivity index (χ2v) is 3.11. The van der Waals surface area contributed by atoms with Crippen LogP contribution in [-0.4, -0.2) is 22.2 Å². The van der Waals surface area contributed by atoms with Gasteiger partial charge in [0.15, 0.2) is 0 Å². The fourth-order valence-electron chi connectivity index (χ4n) is 0.732. The molecule has 2 aromatic heterocycles. The van der Waals surface area contributed by atoms with Gasteiger partial charge in [0.25, 0.3) is 0 Å². The van der Waals surface area contributed by atoms with Crippen molar-refractivity contribution in [1.29, 1.82) is 0 Å². The molecule has 2 aromatic rings. The van der Waals surface area contributed by atoms with E-state index in [1.165, 1.54) is 0 Å². The van der Waals surface area contributed by atoms with Gasteiger partial charge in [0.2, 0.25) is 0 Å². The minimum Gasteiger partial charge on any atom is -0.422 e. The summed E-state index contributed by atoms with van der Waals surface area (Å²) in [5.41, 5.74) is 0.421. The van der Waals surface area contributed by atoms with Gasteiger partial charge in [-0.25, -0.2) is 0 Å². The van der Waals surface area contributed by atoms with Gasteiger partial charge in [-0.15, -0.1) is 0 Å². The number of hydrogen-bond acceptors (Lipinski definition) is 3. The average Bonchev–Trinajstić information content (AvgIpc) is 2.82. The molecule has 0 saturated carbocycles. The first-order valence-corrected chi connectivity index (χ1v) is 4.71. The average molecular weight is 195 g/mol. The Kier molecular flexibility index (Phi) is 4.32. The van der Waals surface area contributed by atoms with Crippen molar-refractivity contribution in [3.63, 3.8) is 0 Å². The topological polar surface area (TPSA) is 56.2 Å². The van der Waals surface area contributed by atoms with Gasteiger partial charge < -0.3 is 15.0 Å². The number of thiophene rings is 1. The van der Waals surface area contributed by atoms with Crippen molar-refractivity contribution in [1.82, 2.24) is 4.98 Å². The van der Waals surface area contributed by atoms with E-state index in [4.69, 9.17) is 10.0 Å². The molecule has 0 bridgehead atoms. The Balaban J connectivity index is 0.000000145. The first-order valence-electron chi connectivity index (χ1n) is 3.77. The summed E-state index contributed by atoms with van der Waals surface area (Å²) in [6, 6.07) is 7.34. The smallest absolute Gasteiger partial charge is 0.422 e. The Labute approximate surface area is 80.8 Å². The Morgan fingerprint density at radius 2 is 1.85 bits per heavy atom. The minimum absolute atomic E-state index is 0.421. The fourth-order valence-corrected chi connectivity index (χ4v) is 1.19. The molecule has 13 heavy (non-hydrogen) atoms. The lowest BCUT2D eigenvalue weighted by molar-refractivity contribution is 0.424. The van der Waals surface area contributed by atoms with Crippen molar-refractivity contribution < 1.29 is 10.0 Å². The molecule has 68 valence electrons.